The molecule has 3 rings (SSSR count). The average Bonchev–Trinajstić information content (AvgIpc) is 2.93. The summed E-state index contributed by atoms with van der Waals surface area (Å²) in [7, 11) is 0. The number of rotatable bonds is 2. The van der Waals surface area contributed by atoms with Gasteiger partial charge in [-0.25, -0.2) is 9.97 Å². The van der Waals surface area contributed by atoms with E-state index in [1.165, 1.54) is 6.33 Å². The van der Waals surface area contributed by atoms with Crippen LogP contribution in [0.4, 0.5) is 0 Å². The number of hydrogen-bond donors (Lipinski definition) is 2. The second-order valence-corrected chi connectivity index (χ2v) is 4.47. The molecule has 2 aromatic rings. The molecule has 1 fully saturated rings. The van der Waals surface area contributed by atoms with Gasteiger partial charge < -0.3 is 14.8 Å². The van der Waals surface area contributed by atoms with E-state index in [1.54, 1.807) is 4.57 Å². The lowest BCUT2D eigenvalue weighted by molar-refractivity contribution is -0.0205. The minimum absolute atomic E-state index is 0.0330. The molecule has 8 heteroatoms. The maximum absolute atomic E-state index is 11.6. The van der Waals surface area contributed by atoms with Crippen LogP contribution in [0.1, 0.15) is 19.1 Å². The molecular formula is C10H11ClN4O3. The van der Waals surface area contributed by atoms with Gasteiger partial charge in [-0.15, -0.1) is 0 Å². The third-order valence-electron chi connectivity index (χ3n) is 3.02. The van der Waals surface area contributed by atoms with E-state index in [0.29, 0.717) is 12.1 Å². The Kier molecular flexibility index (Phi) is 2.81. The van der Waals surface area contributed by atoms with Crippen LogP contribution >= 0.6 is 11.6 Å². The Morgan fingerprint density at radius 2 is 2.44 bits per heavy atom. The van der Waals surface area contributed by atoms with Gasteiger partial charge in [0, 0.05) is 0 Å². The number of ether oxygens (including phenoxy) is 1. The summed E-state index contributed by atoms with van der Waals surface area (Å²) in [6.45, 7) is -0.0330. The largest absolute Gasteiger partial charge is 0.394 e. The van der Waals surface area contributed by atoms with E-state index < -0.39 is 0 Å². The molecule has 0 aliphatic carbocycles. The van der Waals surface area contributed by atoms with Crippen molar-refractivity contribution in [3.63, 3.8) is 0 Å². The van der Waals surface area contributed by atoms with Crippen LogP contribution in [-0.4, -0.2) is 37.3 Å². The SMILES string of the molecule is O=c1[nH]cnc2c1nc(Cl)n2[C@H]1CC[C@@H](CO)O1. The van der Waals surface area contributed by atoms with Gasteiger partial charge in [0.05, 0.1) is 19.0 Å². The second kappa shape index (κ2) is 4.34. The van der Waals surface area contributed by atoms with Crippen molar-refractivity contribution in [1.29, 1.82) is 0 Å². The van der Waals surface area contributed by atoms with Gasteiger partial charge in [0.2, 0.25) is 5.28 Å². The first-order chi connectivity index (χ1) is 8.70. The first-order valence-corrected chi connectivity index (χ1v) is 5.96. The molecule has 7 nitrogen and oxygen atoms in total. The van der Waals surface area contributed by atoms with Crippen LogP contribution in [0.3, 0.4) is 0 Å². The number of aromatic amines is 1. The minimum Gasteiger partial charge on any atom is -0.394 e. The second-order valence-electron chi connectivity index (χ2n) is 4.13. The Labute approximate surface area is 106 Å². The molecule has 1 saturated heterocycles. The van der Waals surface area contributed by atoms with E-state index >= 15 is 0 Å². The van der Waals surface area contributed by atoms with Crippen molar-refractivity contribution in [2.45, 2.75) is 25.2 Å². The molecule has 1 aliphatic rings. The van der Waals surface area contributed by atoms with Crippen LogP contribution in [0.2, 0.25) is 5.28 Å². The molecule has 2 N–H and O–H groups in total. The lowest BCUT2D eigenvalue weighted by Gasteiger charge is -2.14. The fourth-order valence-electron chi connectivity index (χ4n) is 2.16. The van der Waals surface area contributed by atoms with Crippen molar-refractivity contribution >= 4 is 22.8 Å². The lowest BCUT2D eigenvalue weighted by Crippen LogP contribution is -2.15. The Balaban J connectivity index is 2.10. The van der Waals surface area contributed by atoms with E-state index in [-0.39, 0.29) is 35.3 Å². The molecule has 0 aromatic carbocycles. The fraction of sp³-hybridized carbons (Fsp3) is 0.500. The van der Waals surface area contributed by atoms with Crippen molar-refractivity contribution in [2.75, 3.05) is 6.61 Å². The number of aromatic nitrogens is 4. The summed E-state index contributed by atoms with van der Waals surface area (Å²) in [6.07, 6.45) is 2.20. The van der Waals surface area contributed by atoms with Crippen molar-refractivity contribution in [2.24, 2.45) is 0 Å². The molecule has 2 aromatic heterocycles. The van der Waals surface area contributed by atoms with Crippen LogP contribution in [0, 0.1) is 0 Å². The topological polar surface area (TPSA) is 93.0 Å². The molecular weight excluding hydrogens is 260 g/mol. The van der Waals surface area contributed by atoms with Crippen LogP contribution in [0.15, 0.2) is 11.1 Å². The van der Waals surface area contributed by atoms with Crippen molar-refractivity contribution < 1.29 is 9.84 Å². The predicted molar refractivity (Wildman–Crippen MR) is 63.4 cm³/mol. The summed E-state index contributed by atoms with van der Waals surface area (Å²) in [4.78, 5) is 22.1. The summed E-state index contributed by atoms with van der Waals surface area (Å²) in [5, 5.41) is 9.22. The Hall–Kier alpha value is -1.44. The van der Waals surface area contributed by atoms with Gasteiger partial charge in [0.15, 0.2) is 11.2 Å². The van der Waals surface area contributed by atoms with Crippen molar-refractivity contribution in [1.82, 2.24) is 19.5 Å². The smallest absolute Gasteiger partial charge is 0.278 e. The van der Waals surface area contributed by atoms with Gasteiger partial charge in [-0.3, -0.25) is 9.36 Å². The van der Waals surface area contributed by atoms with Gasteiger partial charge in [-0.1, -0.05) is 0 Å². The summed E-state index contributed by atoms with van der Waals surface area (Å²) >= 11 is 6.03. The lowest BCUT2D eigenvalue weighted by atomic mass is 10.2. The molecule has 0 saturated carbocycles. The van der Waals surface area contributed by atoms with E-state index in [4.69, 9.17) is 21.4 Å². The first kappa shape index (κ1) is 11.6. The highest BCUT2D eigenvalue weighted by molar-refractivity contribution is 6.29. The third kappa shape index (κ3) is 1.71. The normalized spacial score (nSPS) is 23.9. The number of H-pyrrole nitrogens is 1. The quantitative estimate of drug-likeness (QED) is 0.773. The highest BCUT2D eigenvalue weighted by Crippen LogP contribution is 2.32. The predicted octanol–water partition coefficient (Wildman–Crippen LogP) is 0.443. The maximum Gasteiger partial charge on any atom is 0.278 e. The van der Waals surface area contributed by atoms with E-state index in [9.17, 15) is 4.79 Å². The highest BCUT2D eigenvalue weighted by atomic mass is 35.5. The van der Waals surface area contributed by atoms with Gasteiger partial charge in [-0.05, 0) is 24.4 Å². The number of aliphatic hydroxyl groups excluding tert-OH is 1. The van der Waals surface area contributed by atoms with Crippen LogP contribution in [-0.2, 0) is 4.74 Å². The van der Waals surface area contributed by atoms with Gasteiger partial charge in [-0.2, -0.15) is 0 Å². The molecule has 18 heavy (non-hydrogen) atoms. The maximum atomic E-state index is 11.6. The van der Waals surface area contributed by atoms with E-state index in [0.717, 1.165) is 6.42 Å². The molecule has 3 heterocycles. The Morgan fingerprint density at radius 1 is 1.61 bits per heavy atom. The monoisotopic (exact) mass is 270 g/mol. The molecule has 0 unspecified atom stereocenters. The highest BCUT2D eigenvalue weighted by Gasteiger charge is 2.29. The van der Waals surface area contributed by atoms with Crippen LogP contribution in [0.5, 0.6) is 0 Å². The zero-order valence-electron chi connectivity index (χ0n) is 9.34. The summed E-state index contributed by atoms with van der Waals surface area (Å²) in [6, 6.07) is 0. The zero-order chi connectivity index (χ0) is 12.7. The van der Waals surface area contributed by atoms with Gasteiger partial charge in [0.1, 0.15) is 6.23 Å². The van der Waals surface area contributed by atoms with E-state index in [1.807, 2.05) is 0 Å². The van der Waals surface area contributed by atoms with Crippen molar-refractivity contribution in [3.05, 3.63) is 22.0 Å². The Bertz CT molecular complexity index is 638. The van der Waals surface area contributed by atoms with Crippen LogP contribution < -0.4 is 5.56 Å². The molecule has 96 valence electrons. The molecule has 2 atom stereocenters. The van der Waals surface area contributed by atoms with Gasteiger partial charge in [0.25, 0.3) is 5.56 Å². The third-order valence-corrected chi connectivity index (χ3v) is 3.28. The first-order valence-electron chi connectivity index (χ1n) is 5.58. The Morgan fingerprint density at radius 3 is 3.17 bits per heavy atom. The number of nitrogens with zero attached hydrogens (tertiary/aromatic N) is 3. The van der Waals surface area contributed by atoms with Crippen molar-refractivity contribution in [3.8, 4) is 0 Å². The fourth-order valence-corrected chi connectivity index (χ4v) is 2.43. The number of halogens is 1. The van der Waals surface area contributed by atoms with Gasteiger partial charge >= 0.3 is 0 Å². The molecule has 0 spiro atoms. The molecule has 0 radical (unpaired) electrons. The summed E-state index contributed by atoms with van der Waals surface area (Å²) in [5.74, 6) is 0. The molecule has 0 amide bonds. The number of fused-ring (bicyclic) bond motifs is 1. The number of hydrogen-bond acceptors (Lipinski definition) is 5. The minimum atomic E-state index is -0.339. The summed E-state index contributed by atoms with van der Waals surface area (Å²) < 4.78 is 7.21. The average molecular weight is 271 g/mol. The number of imidazole rings is 1. The molecule has 1 aliphatic heterocycles. The molecule has 0 bridgehead atoms. The number of aliphatic hydroxyl groups is 1. The zero-order valence-corrected chi connectivity index (χ0v) is 10.1. The van der Waals surface area contributed by atoms with Crippen LogP contribution in [0.25, 0.3) is 11.2 Å². The number of nitrogens with one attached hydrogen (secondary N) is 1. The van der Waals surface area contributed by atoms with E-state index in [2.05, 4.69) is 15.0 Å². The standard InChI is InChI=1S/C10H11ClN4O3/c11-10-14-7-8(12-4-13-9(7)17)15(10)6-2-1-5(3-16)18-6/h4-6,16H,1-3H2,(H,12,13,17)/t5-,6+/m0/s1. The summed E-state index contributed by atoms with van der Waals surface area (Å²) in [5.41, 5.74) is 0.253.